The normalized spacial score (nSPS) is 21.2. The number of nitrogens with one attached hydrogen (secondary N) is 1. The Morgan fingerprint density at radius 2 is 2.15 bits per heavy atom. The second kappa shape index (κ2) is 8.13. The lowest BCUT2D eigenvalue weighted by Gasteiger charge is -2.21. The molecule has 3 nitrogen and oxygen atoms in total. The smallest absolute Gasteiger partial charge is 0.0434 e. The van der Waals surface area contributed by atoms with Crippen LogP contribution < -0.4 is 5.32 Å². The minimum absolute atomic E-state index is 0.330. The number of rotatable bonds is 7. The number of halogens is 1. The molecular formula is C16H25BrN2O. The van der Waals surface area contributed by atoms with E-state index < -0.39 is 0 Å². The number of aliphatic hydroxyl groups is 1. The van der Waals surface area contributed by atoms with E-state index in [4.69, 9.17) is 5.11 Å². The first-order valence-corrected chi connectivity index (χ1v) is 8.28. The lowest BCUT2D eigenvalue weighted by Crippen LogP contribution is -2.27. The second-order valence-electron chi connectivity index (χ2n) is 5.65. The highest BCUT2D eigenvalue weighted by Crippen LogP contribution is 2.23. The standard InChI is InChI=1S/C16H25BrN2O/c1-18-16(14-2-4-15(17)5-3-14)7-10-19-9-6-13(12-19)8-11-20/h2-5,13,16,18,20H,6-12H2,1H3. The monoisotopic (exact) mass is 340 g/mol. The Morgan fingerprint density at radius 3 is 2.80 bits per heavy atom. The van der Waals surface area contributed by atoms with Gasteiger partial charge in [-0.2, -0.15) is 0 Å². The zero-order valence-corrected chi connectivity index (χ0v) is 13.8. The molecule has 0 aliphatic carbocycles. The van der Waals surface area contributed by atoms with Gasteiger partial charge in [0.15, 0.2) is 0 Å². The zero-order valence-electron chi connectivity index (χ0n) is 12.2. The van der Waals surface area contributed by atoms with Crippen LogP contribution in [0.25, 0.3) is 0 Å². The van der Waals surface area contributed by atoms with Crippen molar-refractivity contribution in [3.05, 3.63) is 34.3 Å². The molecule has 1 aliphatic rings. The van der Waals surface area contributed by atoms with Gasteiger partial charge in [0.2, 0.25) is 0 Å². The molecule has 0 saturated carbocycles. The third-order valence-corrected chi connectivity index (χ3v) is 4.79. The van der Waals surface area contributed by atoms with Crippen LogP contribution in [-0.4, -0.2) is 43.3 Å². The molecule has 1 heterocycles. The topological polar surface area (TPSA) is 35.5 Å². The molecule has 112 valence electrons. The highest BCUT2D eigenvalue weighted by molar-refractivity contribution is 9.10. The number of hydrogen-bond acceptors (Lipinski definition) is 3. The molecule has 20 heavy (non-hydrogen) atoms. The maximum atomic E-state index is 9.01. The Kier molecular flexibility index (Phi) is 6.49. The average molecular weight is 341 g/mol. The number of hydrogen-bond donors (Lipinski definition) is 2. The number of nitrogens with zero attached hydrogens (tertiary/aromatic N) is 1. The van der Waals surface area contributed by atoms with Crippen molar-refractivity contribution in [3.8, 4) is 0 Å². The number of aliphatic hydroxyl groups excluding tert-OH is 1. The Morgan fingerprint density at radius 1 is 1.40 bits per heavy atom. The van der Waals surface area contributed by atoms with E-state index in [1.54, 1.807) is 0 Å². The van der Waals surface area contributed by atoms with Gasteiger partial charge in [-0.15, -0.1) is 0 Å². The molecule has 1 fully saturated rings. The van der Waals surface area contributed by atoms with E-state index in [0.29, 0.717) is 18.6 Å². The van der Waals surface area contributed by atoms with Gasteiger partial charge in [0.25, 0.3) is 0 Å². The predicted octanol–water partition coefficient (Wildman–Crippen LogP) is 2.80. The largest absolute Gasteiger partial charge is 0.396 e. The van der Waals surface area contributed by atoms with Gasteiger partial charge in [0.1, 0.15) is 0 Å². The van der Waals surface area contributed by atoms with Crippen molar-refractivity contribution in [1.82, 2.24) is 10.2 Å². The van der Waals surface area contributed by atoms with Crippen LogP contribution in [0, 0.1) is 5.92 Å². The fourth-order valence-electron chi connectivity index (χ4n) is 3.02. The summed E-state index contributed by atoms with van der Waals surface area (Å²) in [6.45, 7) is 3.79. The summed E-state index contributed by atoms with van der Waals surface area (Å²) in [6.07, 6.45) is 3.33. The minimum Gasteiger partial charge on any atom is -0.396 e. The molecule has 2 unspecified atom stereocenters. The molecule has 0 aromatic heterocycles. The van der Waals surface area contributed by atoms with Crippen LogP contribution in [0.5, 0.6) is 0 Å². The fourth-order valence-corrected chi connectivity index (χ4v) is 3.28. The molecule has 1 aromatic rings. The highest BCUT2D eigenvalue weighted by atomic mass is 79.9. The molecule has 1 saturated heterocycles. The molecule has 4 heteroatoms. The first kappa shape index (κ1) is 16.0. The lowest BCUT2D eigenvalue weighted by molar-refractivity contribution is 0.248. The number of likely N-dealkylation sites (tertiary alicyclic amines) is 1. The van der Waals surface area contributed by atoms with Crippen molar-refractivity contribution in [2.75, 3.05) is 33.3 Å². The van der Waals surface area contributed by atoms with Crippen molar-refractivity contribution >= 4 is 15.9 Å². The Bertz CT molecular complexity index is 396. The highest BCUT2D eigenvalue weighted by Gasteiger charge is 2.22. The molecular weight excluding hydrogens is 316 g/mol. The van der Waals surface area contributed by atoms with Gasteiger partial charge in [0, 0.05) is 23.7 Å². The summed E-state index contributed by atoms with van der Waals surface area (Å²) >= 11 is 3.48. The Labute approximate surface area is 130 Å². The zero-order chi connectivity index (χ0) is 14.4. The van der Waals surface area contributed by atoms with Gasteiger partial charge in [-0.3, -0.25) is 0 Å². The molecule has 0 amide bonds. The van der Waals surface area contributed by atoms with E-state index >= 15 is 0 Å². The van der Waals surface area contributed by atoms with Crippen molar-refractivity contribution in [1.29, 1.82) is 0 Å². The van der Waals surface area contributed by atoms with Crippen LogP contribution in [0.3, 0.4) is 0 Å². The van der Waals surface area contributed by atoms with Gasteiger partial charge in [0.05, 0.1) is 0 Å². The molecule has 1 aliphatic heterocycles. The maximum Gasteiger partial charge on any atom is 0.0434 e. The van der Waals surface area contributed by atoms with Crippen molar-refractivity contribution in [2.45, 2.75) is 25.3 Å². The van der Waals surface area contributed by atoms with E-state index in [1.807, 2.05) is 7.05 Å². The first-order valence-electron chi connectivity index (χ1n) is 7.49. The molecule has 0 radical (unpaired) electrons. The summed E-state index contributed by atoms with van der Waals surface area (Å²) < 4.78 is 1.13. The summed E-state index contributed by atoms with van der Waals surface area (Å²) in [6, 6.07) is 8.99. The third-order valence-electron chi connectivity index (χ3n) is 4.26. The molecule has 0 bridgehead atoms. The van der Waals surface area contributed by atoms with Crippen molar-refractivity contribution < 1.29 is 5.11 Å². The van der Waals surface area contributed by atoms with E-state index in [2.05, 4.69) is 50.4 Å². The summed E-state index contributed by atoms with van der Waals surface area (Å²) in [5, 5.41) is 12.4. The quantitative estimate of drug-likeness (QED) is 0.801. The van der Waals surface area contributed by atoms with Gasteiger partial charge >= 0.3 is 0 Å². The SMILES string of the molecule is CNC(CCN1CCC(CCO)C1)c1ccc(Br)cc1. The maximum absolute atomic E-state index is 9.01. The predicted molar refractivity (Wildman–Crippen MR) is 86.8 cm³/mol. The second-order valence-corrected chi connectivity index (χ2v) is 6.56. The summed E-state index contributed by atoms with van der Waals surface area (Å²) in [5.74, 6) is 0.695. The summed E-state index contributed by atoms with van der Waals surface area (Å²) in [7, 11) is 2.03. The lowest BCUT2D eigenvalue weighted by atomic mass is 10.0. The molecule has 0 spiro atoms. The van der Waals surface area contributed by atoms with Gasteiger partial charge in [-0.1, -0.05) is 28.1 Å². The van der Waals surface area contributed by atoms with Gasteiger partial charge < -0.3 is 15.3 Å². The van der Waals surface area contributed by atoms with Crippen LogP contribution in [0.15, 0.2) is 28.7 Å². The van der Waals surface area contributed by atoms with Gasteiger partial charge in [-0.25, -0.2) is 0 Å². The van der Waals surface area contributed by atoms with E-state index in [1.165, 1.54) is 18.5 Å². The molecule has 2 N–H and O–H groups in total. The van der Waals surface area contributed by atoms with Crippen molar-refractivity contribution in [2.24, 2.45) is 5.92 Å². The molecule has 2 atom stereocenters. The fraction of sp³-hybridized carbons (Fsp3) is 0.625. The Hall–Kier alpha value is -0.420. The minimum atomic E-state index is 0.330. The van der Waals surface area contributed by atoms with E-state index in [0.717, 1.165) is 30.4 Å². The first-order chi connectivity index (χ1) is 9.72. The summed E-state index contributed by atoms with van der Waals surface area (Å²) in [5.41, 5.74) is 1.35. The van der Waals surface area contributed by atoms with Gasteiger partial charge in [-0.05, 0) is 63.0 Å². The Balaban J connectivity index is 1.81. The number of benzene rings is 1. The van der Waals surface area contributed by atoms with Crippen LogP contribution >= 0.6 is 15.9 Å². The van der Waals surface area contributed by atoms with Crippen LogP contribution in [0.4, 0.5) is 0 Å². The molecule has 2 rings (SSSR count). The summed E-state index contributed by atoms with van der Waals surface area (Å²) in [4.78, 5) is 2.53. The van der Waals surface area contributed by atoms with E-state index in [-0.39, 0.29) is 0 Å². The third kappa shape index (κ3) is 4.55. The van der Waals surface area contributed by atoms with Crippen molar-refractivity contribution in [3.63, 3.8) is 0 Å². The van der Waals surface area contributed by atoms with Crippen LogP contribution in [-0.2, 0) is 0 Å². The van der Waals surface area contributed by atoms with Crippen LogP contribution in [0.2, 0.25) is 0 Å². The van der Waals surface area contributed by atoms with Crippen LogP contribution in [0.1, 0.15) is 30.9 Å². The average Bonchev–Trinajstić information content (AvgIpc) is 2.89. The van der Waals surface area contributed by atoms with E-state index in [9.17, 15) is 0 Å². The molecule has 1 aromatic carbocycles.